The van der Waals surface area contributed by atoms with Crippen LogP contribution in [0.2, 0.25) is 20.1 Å². The molecule has 5 aliphatic rings. The van der Waals surface area contributed by atoms with Crippen LogP contribution in [0, 0.1) is 0 Å². The molecule has 0 amide bonds. The van der Waals surface area contributed by atoms with Crippen molar-refractivity contribution in [3.8, 4) is 0 Å². The monoisotopic (exact) mass is 1440 g/mol. The van der Waals surface area contributed by atoms with E-state index in [0.717, 1.165) is 74.1 Å². The van der Waals surface area contributed by atoms with E-state index < -0.39 is 49.2 Å². The van der Waals surface area contributed by atoms with Crippen LogP contribution in [-0.2, 0) is 30.4 Å². The minimum Gasteiger partial charge on any atom is -0.249 e. The number of piperidine rings is 2. The van der Waals surface area contributed by atoms with Gasteiger partial charge in [0.25, 0.3) is 15.9 Å². The maximum atomic E-state index is 13.5. The van der Waals surface area contributed by atoms with Crippen molar-refractivity contribution in [2.24, 2.45) is 28.5 Å². The van der Waals surface area contributed by atoms with E-state index in [1.807, 2.05) is 153 Å². The molecular weight excluding hydrogens is 1370 g/mol. The lowest BCUT2D eigenvalue weighted by molar-refractivity contribution is -0.0411. The third-order valence-electron chi connectivity index (χ3n) is 16.8. The predicted octanol–water partition coefficient (Wildman–Crippen LogP) is 15.6. The van der Waals surface area contributed by atoms with Crippen molar-refractivity contribution in [1.29, 1.82) is 0 Å². The zero-order valence-corrected chi connectivity index (χ0v) is 58.6. The molecule has 5 aliphatic heterocycles. The Balaban J connectivity index is 0.000000157. The van der Waals surface area contributed by atoms with E-state index >= 15 is 0 Å². The topological polar surface area (TPSA) is 193 Å². The van der Waals surface area contributed by atoms with Gasteiger partial charge < -0.3 is 0 Å². The lowest BCUT2D eigenvalue weighted by atomic mass is 9.91. The van der Waals surface area contributed by atoms with Crippen LogP contribution in [0.4, 0.5) is 8.78 Å². The number of benzene rings is 7. The highest BCUT2D eigenvalue weighted by molar-refractivity contribution is 7.90. The highest BCUT2D eigenvalue weighted by Crippen LogP contribution is 2.35. The van der Waals surface area contributed by atoms with Crippen molar-refractivity contribution in [2.75, 3.05) is 45.8 Å². The molecule has 0 radical (unpaired) electrons. The number of amidine groups is 3. The van der Waals surface area contributed by atoms with Gasteiger partial charge in [0.2, 0.25) is 0 Å². The molecule has 0 bridgehead atoms. The molecule has 26 heteroatoms. The molecular formula is C70H73Cl4F2N11O6S3. The Labute approximate surface area is 581 Å². The molecule has 504 valence electrons. The van der Waals surface area contributed by atoms with Gasteiger partial charge in [-0.05, 0) is 107 Å². The SMILES string of the molecule is CCC(=NS(=O)(=O)N1CCC(F)(F)CC1)N1CC(c2ccccc2)C(c2ccc(Cl)cc2)=N1.CCC(=NS(=O)(=O)N1CCCCC1)N1CC(c2ccccc2)C(c2ccc(Cl)cc2)=N1.CCC(=NS(=O)(=O)c1ccc(Cl)cc1)N1CC(c2ccccc2)C(c2ccc(Cl)cc2)=N1. The molecule has 17 nitrogen and oxygen atoms in total. The Morgan fingerprint density at radius 2 is 0.708 bits per heavy atom. The number of hydrogen-bond acceptors (Lipinski definition) is 9. The number of alkyl halides is 2. The second-order valence-corrected chi connectivity index (χ2v) is 29.8. The van der Waals surface area contributed by atoms with Gasteiger partial charge in [-0.25, -0.2) is 23.8 Å². The summed E-state index contributed by atoms with van der Waals surface area (Å²) in [5, 5.41) is 21.8. The summed E-state index contributed by atoms with van der Waals surface area (Å²) in [5.74, 6) is -1.83. The van der Waals surface area contributed by atoms with Crippen LogP contribution in [0.1, 0.15) is 123 Å². The van der Waals surface area contributed by atoms with Crippen LogP contribution in [-0.4, -0.2) is 135 Å². The van der Waals surface area contributed by atoms with E-state index in [4.69, 9.17) is 61.7 Å². The maximum Gasteiger partial charge on any atom is 0.324 e. The molecule has 12 rings (SSSR count). The van der Waals surface area contributed by atoms with Crippen LogP contribution in [0.15, 0.2) is 221 Å². The van der Waals surface area contributed by atoms with E-state index in [2.05, 4.69) is 25.3 Å². The minimum atomic E-state index is -4.09. The first-order valence-corrected chi connectivity index (χ1v) is 37.4. The van der Waals surface area contributed by atoms with Crippen molar-refractivity contribution in [2.45, 2.75) is 101 Å². The molecule has 7 aromatic carbocycles. The first kappa shape index (κ1) is 71.5. The van der Waals surface area contributed by atoms with Crippen molar-refractivity contribution in [1.82, 2.24) is 23.6 Å². The smallest absolute Gasteiger partial charge is 0.249 e. The van der Waals surface area contributed by atoms with Crippen LogP contribution in [0.5, 0.6) is 0 Å². The highest BCUT2D eigenvalue weighted by Gasteiger charge is 2.40. The summed E-state index contributed by atoms with van der Waals surface area (Å²) in [7, 11) is -11.7. The van der Waals surface area contributed by atoms with Crippen molar-refractivity contribution >= 4 is 111 Å². The quantitative estimate of drug-likeness (QED) is 0.0709. The summed E-state index contributed by atoms with van der Waals surface area (Å²) < 4.78 is 119. The number of nitrogens with zero attached hydrogens (tertiary/aromatic N) is 11. The van der Waals surface area contributed by atoms with Gasteiger partial charge >= 0.3 is 20.4 Å². The molecule has 3 atom stereocenters. The summed E-state index contributed by atoms with van der Waals surface area (Å²) in [4.78, 5) is 0.0913. The van der Waals surface area contributed by atoms with E-state index in [1.165, 1.54) is 28.6 Å². The zero-order valence-electron chi connectivity index (χ0n) is 53.1. The number of halogens is 6. The lowest BCUT2D eigenvalue weighted by Crippen LogP contribution is -2.42. The van der Waals surface area contributed by atoms with Crippen molar-refractivity contribution in [3.05, 3.63) is 242 Å². The van der Waals surface area contributed by atoms with E-state index in [-0.39, 0.29) is 41.6 Å². The third-order valence-corrected chi connectivity index (χ3v) is 22.1. The second kappa shape index (κ2) is 32.0. The Hall–Kier alpha value is -7.25. The Bertz CT molecular complexity index is 4360. The second-order valence-electron chi connectivity index (χ2n) is 23.3. The van der Waals surface area contributed by atoms with Crippen LogP contribution >= 0.6 is 46.4 Å². The Kier molecular flexibility index (Phi) is 23.8. The Morgan fingerprint density at radius 3 is 1.02 bits per heavy atom. The first-order valence-electron chi connectivity index (χ1n) is 31.7. The average Bonchev–Trinajstić information content (AvgIpc) is 1.65. The molecule has 2 fully saturated rings. The molecule has 2 saturated heterocycles. The first-order chi connectivity index (χ1) is 46.0. The fourth-order valence-corrected chi connectivity index (χ4v) is 15.8. The standard InChI is InChI=1S/C24H21Cl2N3O2S.C23H25ClF2N4O2S.C23H27ClN4O2S/c1-2-23(28-32(30,31)21-14-12-20(26)13-15-21)29-16-22(17-6-4-3-5-7-17)24(27-29)18-8-10-19(25)11-9-18;1-2-21(28-33(31,32)29-14-12-23(25,26)13-15-29)30-16-20(17-6-4-3-5-7-17)22(27-30)18-8-10-19(24)11-9-18;1-2-22(26-31(29,30)27-15-7-4-8-16-27)28-17-21(18-9-5-3-6-10-18)23(25-28)19-11-13-20(24)14-12-19/h3-15,22H,2,16H2,1H3;3-11,20H,2,12-16H2,1H3;3,5-6,9-14,21H,2,4,7-8,15-17H2,1H3. The molecule has 0 aliphatic carbocycles. The van der Waals surface area contributed by atoms with Crippen molar-refractivity contribution in [3.63, 3.8) is 0 Å². The molecule has 5 heterocycles. The van der Waals surface area contributed by atoms with Crippen LogP contribution in [0.25, 0.3) is 0 Å². The van der Waals surface area contributed by atoms with E-state index in [1.54, 1.807) is 34.1 Å². The average molecular weight is 1440 g/mol. The molecule has 7 aromatic rings. The number of hydrogen-bond donors (Lipinski definition) is 0. The molecule has 0 N–H and O–H groups in total. The van der Waals surface area contributed by atoms with Crippen molar-refractivity contribution < 1.29 is 34.0 Å². The highest BCUT2D eigenvalue weighted by atomic mass is 35.5. The van der Waals surface area contributed by atoms with Gasteiger partial charge in [0, 0.05) is 96.1 Å². The zero-order chi connectivity index (χ0) is 68.2. The summed E-state index contributed by atoms with van der Waals surface area (Å²) in [5.41, 5.74) is 8.58. The van der Waals surface area contributed by atoms with Gasteiger partial charge in [-0.1, -0.05) is 201 Å². The van der Waals surface area contributed by atoms with Crippen LogP contribution < -0.4 is 0 Å². The predicted molar refractivity (Wildman–Crippen MR) is 382 cm³/mol. The van der Waals surface area contributed by atoms with Gasteiger partial charge in [-0.3, -0.25) is 0 Å². The summed E-state index contributed by atoms with van der Waals surface area (Å²) in [6.07, 6.45) is 3.04. The van der Waals surface area contributed by atoms with Gasteiger partial charge in [-0.2, -0.15) is 49.2 Å². The largest absolute Gasteiger partial charge is 0.324 e. The summed E-state index contributed by atoms with van der Waals surface area (Å²) in [6, 6.07) is 58.4. The molecule has 3 unspecified atom stereocenters. The fourth-order valence-electron chi connectivity index (χ4n) is 11.7. The fraction of sp³-hybridized carbons (Fsp3) is 0.314. The Morgan fingerprint density at radius 1 is 0.417 bits per heavy atom. The molecule has 0 spiro atoms. The number of sulfonamides is 1. The third kappa shape index (κ3) is 18.1. The van der Waals surface area contributed by atoms with Gasteiger partial charge in [0.1, 0.15) is 17.5 Å². The molecule has 0 saturated carbocycles. The van der Waals surface area contributed by atoms with Gasteiger partial charge in [0.05, 0.1) is 41.7 Å². The normalized spacial score (nSPS) is 19.8. The summed E-state index contributed by atoms with van der Waals surface area (Å²) >= 11 is 24.1. The lowest BCUT2D eigenvalue weighted by Gasteiger charge is -2.29. The van der Waals surface area contributed by atoms with E-state index in [9.17, 15) is 34.0 Å². The maximum absolute atomic E-state index is 13.5. The number of hydrazone groups is 3. The van der Waals surface area contributed by atoms with Gasteiger partial charge in [0.15, 0.2) is 0 Å². The number of rotatable bonds is 15. The van der Waals surface area contributed by atoms with Crippen LogP contribution in [0.3, 0.4) is 0 Å². The van der Waals surface area contributed by atoms with Gasteiger partial charge in [-0.15, -0.1) is 13.2 Å². The van der Waals surface area contributed by atoms with E-state index in [0.29, 0.717) is 83.7 Å². The molecule has 0 aromatic heterocycles. The minimum absolute atomic E-state index is 0.0109. The molecule has 96 heavy (non-hydrogen) atoms. The summed E-state index contributed by atoms with van der Waals surface area (Å²) in [6.45, 7) is 7.61.